The summed E-state index contributed by atoms with van der Waals surface area (Å²) >= 11 is 3.96. The monoisotopic (exact) mass is 303 g/mol. The van der Waals surface area contributed by atoms with E-state index in [1.807, 2.05) is 0 Å². The van der Waals surface area contributed by atoms with Crippen molar-refractivity contribution >= 4 is 30.4 Å². The van der Waals surface area contributed by atoms with Gasteiger partial charge in [-0.1, -0.05) is 0 Å². The normalized spacial score (nSPS) is 9.24. The van der Waals surface area contributed by atoms with Gasteiger partial charge in [-0.05, 0) is 12.1 Å². The first-order chi connectivity index (χ1) is 7.36. The van der Waals surface area contributed by atoms with Gasteiger partial charge in [0.25, 0.3) is 5.91 Å². The minimum atomic E-state index is -0.960. The van der Waals surface area contributed by atoms with E-state index in [0.717, 1.165) is 0 Å². The summed E-state index contributed by atoms with van der Waals surface area (Å²) in [6, 6.07) is 2.60. The second-order valence-electron chi connectivity index (χ2n) is 2.98. The first-order valence-corrected chi connectivity index (χ1v) is 4.56. The molecule has 0 radical (unpaired) electrons. The molecular weight excluding hydrogens is 296 g/mol. The molecule has 17 heavy (non-hydrogen) atoms. The van der Waals surface area contributed by atoms with E-state index in [4.69, 9.17) is 17.2 Å². The number of primary amides is 3. The van der Waals surface area contributed by atoms with Crippen molar-refractivity contribution in [1.29, 1.82) is 0 Å². The summed E-state index contributed by atoms with van der Waals surface area (Å²) in [5, 5.41) is 0. The van der Waals surface area contributed by atoms with Crippen molar-refractivity contribution in [2.75, 3.05) is 0 Å². The van der Waals surface area contributed by atoms with E-state index in [2.05, 4.69) is 12.6 Å². The zero-order chi connectivity index (χ0) is 12.5. The van der Waals surface area contributed by atoms with E-state index >= 15 is 0 Å². The van der Waals surface area contributed by atoms with Gasteiger partial charge in [0, 0.05) is 24.4 Å². The van der Waals surface area contributed by atoms with Crippen molar-refractivity contribution in [2.45, 2.75) is 4.90 Å². The molecule has 6 nitrogen and oxygen atoms in total. The van der Waals surface area contributed by atoms with Crippen molar-refractivity contribution in [1.82, 2.24) is 0 Å². The SMILES string of the molecule is NC(=O)c1ccc(S)c(C(N)=O)c1C(N)=O.[Zn]. The fraction of sp³-hybridized carbons (Fsp3) is 0. The Labute approximate surface area is 115 Å². The topological polar surface area (TPSA) is 129 Å². The molecule has 0 saturated heterocycles. The number of carbonyl (C=O) groups excluding carboxylic acids is 3. The van der Waals surface area contributed by atoms with Crippen LogP contribution in [-0.2, 0) is 19.5 Å². The summed E-state index contributed by atoms with van der Waals surface area (Å²) in [6.45, 7) is 0. The predicted octanol–water partition coefficient (Wildman–Crippen LogP) is -0.731. The summed E-state index contributed by atoms with van der Waals surface area (Å²) in [5.74, 6) is -2.73. The largest absolute Gasteiger partial charge is 0.366 e. The van der Waals surface area contributed by atoms with Gasteiger partial charge in [0.1, 0.15) is 0 Å². The van der Waals surface area contributed by atoms with E-state index in [-0.39, 0.29) is 41.1 Å². The zero-order valence-electron chi connectivity index (χ0n) is 8.77. The minimum absolute atomic E-state index is 0. The van der Waals surface area contributed by atoms with E-state index in [9.17, 15) is 14.4 Å². The molecule has 0 aliphatic heterocycles. The summed E-state index contributed by atoms with van der Waals surface area (Å²) in [5.41, 5.74) is 14.5. The second kappa shape index (κ2) is 5.79. The minimum Gasteiger partial charge on any atom is -0.366 e. The number of carbonyl (C=O) groups is 3. The summed E-state index contributed by atoms with van der Waals surface area (Å²) < 4.78 is 0. The molecule has 1 aromatic rings. The molecule has 0 aliphatic carbocycles. The van der Waals surface area contributed by atoms with Crippen molar-refractivity contribution in [2.24, 2.45) is 17.2 Å². The average Bonchev–Trinajstić information content (AvgIpc) is 2.15. The van der Waals surface area contributed by atoms with Gasteiger partial charge in [-0.2, -0.15) is 0 Å². The standard InChI is InChI=1S/C9H9N3O3S.Zn/c10-7(13)3-1-2-4(16)6(9(12)15)5(3)8(11)14;/h1-2,16H,(H2,10,13)(H2,11,14)(H2,12,15);. The van der Waals surface area contributed by atoms with Gasteiger partial charge in [0.05, 0.1) is 16.7 Å². The third-order valence-corrected chi connectivity index (χ3v) is 2.31. The Hall–Kier alpha value is -1.40. The molecule has 0 bridgehead atoms. The van der Waals surface area contributed by atoms with Gasteiger partial charge in [-0.25, -0.2) is 0 Å². The molecule has 0 heterocycles. The number of benzene rings is 1. The molecule has 0 atom stereocenters. The smallest absolute Gasteiger partial charge is 0.250 e. The Kier molecular flexibility index (Phi) is 5.31. The number of rotatable bonds is 3. The van der Waals surface area contributed by atoms with Crippen molar-refractivity contribution in [3.05, 3.63) is 28.8 Å². The van der Waals surface area contributed by atoms with Gasteiger partial charge in [-0.3, -0.25) is 14.4 Å². The fourth-order valence-electron chi connectivity index (χ4n) is 1.30. The molecule has 1 aromatic carbocycles. The van der Waals surface area contributed by atoms with Gasteiger partial charge in [0.15, 0.2) is 0 Å². The number of amides is 3. The number of nitrogens with two attached hydrogens (primary N) is 3. The molecular formula is C9H9N3O3SZn. The Bertz CT molecular complexity index is 505. The summed E-state index contributed by atoms with van der Waals surface area (Å²) in [6.07, 6.45) is 0. The van der Waals surface area contributed by atoms with Crippen LogP contribution in [-0.4, -0.2) is 17.7 Å². The third-order valence-electron chi connectivity index (χ3n) is 1.94. The molecule has 0 aliphatic rings. The number of hydrogen-bond donors (Lipinski definition) is 4. The second-order valence-corrected chi connectivity index (χ2v) is 3.46. The van der Waals surface area contributed by atoms with E-state index < -0.39 is 17.7 Å². The predicted molar refractivity (Wildman–Crippen MR) is 59.2 cm³/mol. The average molecular weight is 305 g/mol. The van der Waals surface area contributed by atoms with Crippen LogP contribution in [0.2, 0.25) is 0 Å². The van der Waals surface area contributed by atoms with E-state index in [0.29, 0.717) is 0 Å². The van der Waals surface area contributed by atoms with Gasteiger partial charge < -0.3 is 17.2 Å². The van der Waals surface area contributed by atoms with E-state index in [1.165, 1.54) is 12.1 Å². The number of hydrogen-bond acceptors (Lipinski definition) is 4. The van der Waals surface area contributed by atoms with Gasteiger partial charge in [-0.15, -0.1) is 12.6 Å². The van der Waals surface area contributed by atoms with Crippen molar-refractivity contribution in [3.63, 3.8) is 0 Å². The molecule has 8 heteroatoms. The maximum absolute atomic E-state index is 11.2. The van der Waals surface area contributed by atoms with Crippen LogP contribution in [0.5, 0.6) is 0 Å². The quantitative estimate of drug-likeness (QED) is 0.434. The Morgan fingerprint density at radius 1 is 0.882 bits per heavy atom. The molecule has 0 saturated carbocycles. The van der Waals surface area contributed by atoms with Crippen LogP contribution in [0, 0.1) is 0 Å². The zero-order valence-corrected chi connectivity index (χ0v) is 12.6. The first-order valence-electron chi connectivity index (χ1n) is 4.11. The molecule has 3 amide bonds. The maximum Gasteiger partial charge on any atom is 0.250 e. The van der Waals surface area contributed by atoms with Crippen LogP contribution in [0.3, 0.4) is 0 Å². The first kappa shape index (κ1) is 15.6. The molecule has 0 fully saturated rings. The van der Waals surface area contributed by atoms with Crippen LogP contribution in [0.4, 0.5) is 0 Å². The molecule has 6 N–H and O–H groups in total. The van der Waals surface area contributed by atoms with Crippen molar-refractivity contribution in [3.8, 4) is 0 Å². The van der Waals surface area contributed by atoms with Gasteiger partial charge >= 0.3 is 0 Å². The van der Waals surface area contributed by atoms with E-state index in [1.54, 1.807) is 0 Å². The van der Waals surface area contributed by atoms with Crippen molar-refractivity contribution < 1.29 is 33.9 Å². The van der Waals surface area contributed by atoms with Gasteiger partial charge in [0.2, 0.25) is 11.8 Å². The Balaban J connectivity index is 0.00000256. The fourth-order valence-corrected chi connectivity index (χ4v) is 1.60. The van der Waals surface area contributed by atoms with Crippen LogP contribution in [0.1, 0.15) is 31.1 Å². The molecule has 0 aromatic heterocycles. The van der Waals surface area contributed by atoms with Crippen LogP contribution in [0.25, 0.3) is 0 Å². The molecule has 0 unspecified atom stereocenters. The summed E-state index contributed by atoms with van der Waals surface area (Å²) in [4.78, 5) is 33.5. The summed E-state index contributed by atoms with van der Waals surface area (Å²) in [7, 11) is 0. The Morgan fingerprint density at radius 2 is 1.35 bits per heavy atom. The molecule has 0 spiro atoms. The third kappa shape index (κ3) is 3.04. The Morgan fingerprint density at radius 3 is 1.71 bits per heavy atom. The van der Waals surface area contributed by atoms with Crippen LogP contribution < -0.4 is 17.2 Å². The number of thiol groups is 1. The van der Waals surface area contributed by atoms with Crippen LogP contribution in [0.15, 0.2) is 17.0 Å². The maximum atomic E-state index is 11.2. The van der Waals surface area contributed by atoms with Crippen LogP contribution >= 0.6 is 12.6 Å². The molecule has 1 rings (SSSR count). The molecule has 86 valence electrons.